The summed E-state index contributed by atoms with van der Waals surface area (Å²) in [4.78, 5) is 5.64. The molecule has 124 valence electrons. The van der Waals surface area contributed by atoms with Gasteiger partial charge < -0.3 is 4.57 Å². The molecular formula is C21H24N2O. The molecule has 0 aliphatic carbocycles. The van der Waals surface area contributed by atoms with Crippen LogP contribution in [0, 0.1) is 13.8 Å². The lowest BCUT2D eigenvalue weighted by Crippen LogP contribution is -2.18. The summed E-state index contributed by atoms with van der Waals surface area (Å²) in [6.07, 6.45) is 4.28. The number of aromatic nitrogens is 1. The summed E-state index contributed by atoms with van der Waals surface area (Å²) < 4.78 is 2.19. The largest absolute Gasteiger partial charge is 0.323 e. The first-order valence-electron chi connectivity index (χ1n) is 8.31. The van der Waals surface area contributed by atoms with Gasteiger partial charge in [-0.3, -0.25) is 4.84 Å². The first kappa shape index (κ1) is 16.5. The van der Waals surface area contributed by atoms with Crippen molar-refractivity contribution in [3.63, 3.8) is 0 Å². The van der Waals surface area contributed by atoms with Crippen LogP contribution in [0.5, 0.6) is 0 Å². The molecule has 2 aromatic carbocycles. The van der Waals surface area contributed by atoms with Gasteiger partial charge in [0.1, 0.15) is 0 Å². The molecule has 24 heavy (non-hydrogen) atoms. The van der Waals surface area contributed by atoms with E-state index >= 15 is 0 Å². The number of nitrogens with zero attached hydrogens (tertiary/aromatic N) is 1. The SMILES string of the molecule is Cc1cccc(C)c1-n1ccc(C(C)NOCc2ccccc2)c1. The number of nitrogens with one attached hydrogen (secondary N) is 1. The van der Waals surface area contributed by atoms with Crippen LogP contribution in [-0.2, 0) is 11.4 Å². The molecule has 3 rings (SSSR count). The molecule has 0 spiro atoms. The van der Waals surface area contributed by atoms with Crippen molar-refractivity contribution in [3.05, 3.63) is 89.2 Å². The van der Waals surface area contributed by atoms with Crippen LogP contribution in [0.1, 0.15) is 35.2 Å². The van der Waals surface area contributed by atoms with Gasteiger partial charge in [-0.05, 0) is 49.1 Å². The Kier molecular flexibility index (Phi) is 5.14. The van der Waals surface area contributed by atoms with Crippen molar-refractivity contribution in [3.8, 4) is 5.69 Å². The van der Waals surface area contributed by atoms with Gasteiger partial charge in [-0.15, -0.1) is 0 Å². The quantitative estimate of drug-likeness (QED) is 0.655. The van der Waals surface area contributed by atoms with Gasteiger partial charge in [0, 0.05) is 12.4 Å². The lowest BCUT2D eigenvalue weighted by molar-refractivity contribution is 0.00699. The fraction of sp³-hybridized carbons (Fsp3) is 0.238. The third kappa shape index (κ3) is 3.75. The van der Waals surface area contributed by atoms with Crippen LogP contribution < -0.4 is 5.48 Å². The van der Waals surface area contributed by atoms with Gasteiger partial charge in [0.05, 0.1) is 18.3 Å². The molecule has 0 fully saturated rings. The van der Waals surface area contributed by atoms with E-state index < -0.39 is 0 Å². The number of aryl methyl sites for hydroxylation is 2. The normalized spacial score (nSPS) is 12.3. The molecular weight excluding hydrogens is 296 g/mol. The third-order valence-corrected chi connectivity index (χ3v) is 4.26. The molecule has 3 heteroatoms. The zero-order valence-electron chi connectivity index (χ0n) is 14.5. The lowest BCUT2D eigenvalue weighted by atomic mass is 10.1. The van der Waals surface area contributed by atoms with Gasteiger partial charge in [-0.25, -0.2) is 0 Å². The Morgan fingerprint density at radius 1 is 0.958 bits per heavy atom. The second kappa shape index (κ2) is 7.47. The smallest absolute Gasteiger partial charge is 0.0933 e. The maximum Gasteiger partial charge on any atom is 0.0933 e. The molecule has 1 atom stereocenters. The van der Waals surface area contributed by atoms with E-state index in [1.165, 1.54) is 22.4 Å². The molecule has 3 nitrogen and oxygen atoms in total. The molecule has 3 aromatic rings. The molecule has 0 bridgehead atoms. The summed E-state index contributed by atoms with van der Waals surface area (Å²) in [7, 11) is 0. The van der Waals surface area contributed by atoms with E-state index in [0.29, 0.717) is 6.61 Å². The van der Waals surface area contributed by atoms with Gasteiger partial charge in [0.2, 0.25) is 0 Å². The molecule has 0 saturated heterocycles. The molecule has 1 heterocycles. The fourth-order valence-corrected chi connectivity index (χ4v) is 2.91. The van der Waals surface area contributed by atoms with E-state index in [4.69, 9.17) is 4.84 Å². The Bertz CT molecular complexity index is 772. The summed E-state index contributed by atoms with van der Waals surface area (Å²) in [5, 5.41) is 0. The fourth-order valence-electron chi connectivity index (χ4n) is 2.91. The van der Waals surface area contributed by atoms with Crippen LogP contribution in [-0.4, -0.2) is 4.57 Å². The van der Waals surface area contributed by atoms with Gasteiger partial charge in [0.25, 0.3) is 0 Å². The van der Waals surface area contributed by atoms with E-state index in [9.17, 15) is 0 Å². The molecule has 1 N–H and O–H groups in total. The Labute approximate surface area is 143 Å². The van der Waals surface area contributed by atoms with Gasteiger partial charge in [-0.1, -0.05) is 48.5 Å². The minimum Gasteiger partial charge on any atom is -0.323 e. The Balaban J connectivity index is 1.64. The van der Waals surface area contributed by atoms with Crippen molar-refractivity contribution in [1.82, 2.24) is 10.0 Å². The molecule has 0 aliphatic heterocycles. The van der Waals surface area contributed by atoms with Crippen LogP contribution >= 0.6 is 0 Å². The number of para-hydroxylation sites is 1. The van der Waals surface area contributed by atoms with Crippen molar-refractivity contribution in [2.45, 2.75) is 33.4 Å². The summed E-state index contributed by atoms with van der Waals surface area (Å²) >= 11 is 0. The average Bonchev–Trinajstić information content (AvgIpc) is 3.05. The van der Waals surface area contributed by atoms with Crippen molar-refractivity contribution in [2.75, 3.05) is 0 Å². The van der Waals surface area contributed by atoms with Crippen molar-refractivity contribution < 1.29 is 4.84 Å². The summed E-state index contributed by atoms with van der Waals surface area (Å²) in [5.41, 5.74) is 9.29. The van der Waals surface area contributed by atoms with Crippen molar-refractivity contribution in [1.29, 1.82) is 0 Å². The van der Waals surface area contributed by atoms with E-state index in [0.717, 1.165) is 5.56 Å². The average molecular weight is 320 g/mol. The first-order chi connectivity index (χ1) is 11.6. The second-order valence-electron chi connectivity index (χ2n) is 6.21. The Morgan fingerprint density at radius 2 is 1.67 bits per heavy atom. The highest BCUT2D eigenvalue weighted by atomic mass is 16.6. The molecule has 0 saturated carbocycles. The predicted octanol–water partition coefficient (Wildman–Crippen LogP) is 4.88. The van der Waals surface area contributed by atoms with Gasteiger partial charge in [0.15, 0.2) is 0 Å². The summed E-state index contributed by atoms with van der Waals surface area (Å²) in [5.74, 6) is 0. The maximum absolute atomic E-state index is 5.64. The van der Waals surface area contributed by atoms with Crippen LogP contribution in [0.15, 0.2) is 67.0 Å². The molecule has 0 radical (unpaired) electrons. The van der Waals surface area contributed by atoms with Crippen molar-refractivity contribution in [2.24, 2.45) is 0 Å². The Hall–Kier alpha value is -2.36. The second-order valence-corrected chi connectivity index (χ2v) is 6.21. The number of benzene rings is 2. The highest BCUT2D eigenvalue weighted by Gasteiger charge is 2.10. The van der Waals surface area contributed by atoms with E-state index in [1.54, 1.807) is 0 Å². The summed E-state index contributed by atoms with van der Waals surface area (Å²) in [6.45, 7) is 6.96. The molecule has 0 amide bonds. The predicted molar refractivity (Wildman–Crippen MR) is 98.0 cm³/mol. The number of hydroxylamine groups is 1. The highest BCUT2D eigenvalue weighted by Crippen LogP contribution is 2.22. The van der Waals surface area contributed by atoms with Gasteiger partial charge in [-0.2, -0.15) is 5.48 Å². The minimum absolute atomic E-state index is 0.124. The number of hydrogen-bond acceptors (Lipinski definition) is 2. The minimum atomic E-state index is 0.124. The van der Waals surface area contributed by atoms with Crippen molar-refractivity contribution >= 4 is 0 Å². The Morgan fingerprint density at radius 3 is 2.38 bits per heavy atom. The highest BCUT2D eigenvalue weighted by molar-refractivity contribution is 5.47. The molecule has 1 aromatic heterocycles. The van der Waals surface area contributed by atoms with E-state index in [-0.39, 0.29) is 6.04 Å². The number of rotatable bonds is 6. The van der Waals surface area contributed by atoms with Crippen LogP contribution in [0.25, 0.3) is 5.69 Å². The van der Waals surface area contributed by atoms with E-state index in [2.05, 4.69) is 79.6 Å². The lowest BCUT2D eigenvalue weighted by Gasteiger charge is -2.13. The standard InChI is InChI=1S/C21H24N2O/c1-16-8-7-9-17(2)21(16)23-13-12-20(14-23)18(3)22-24-15-19-10-5-4-6-11-19/h4-14,18,22H,15H2,1-3H3. The third-order valence-electron chi connectivity index (χ3n) is 4.26. The zero-order valence-corrected chi connectivity index (χ0v) is 14.5. The van der Waals surface area contributed by atoms with Crippen LogP contribution in [0.4, 0.5) is 0 Å². The first-order valence-corrected chi connectivity index (χ1v) is 8.31. The molecule has 1 unspecified atom stereocenters. The van der Waals surface area contributed by atoms with Crippen LogP contribution in [0.2, 0.25) is 0 Å². The van der Waals surface area contributed by atoms with E-state index in [1.807, 2.05) is 18.2 Å². The molecule has 0 aliphatic rings. The van der Waals surface area contributed by atoms with Gasteiger partial charge >= 0.3 is 0 Å². The maximum atomic E-state index is 5.64. The number of hydrogen-bond donors (Lipinski definition) is 1. The monoisotopic (exact) mass is 320 g/mol. The summed E-state index contributed by atoms with van der Waals surface area (Å²) in [6, 6.07) is 18.8. The van der Waals surface area contributed by atoms with Crippen LogP contribution in [0.3, 0.4) is 0 Å². The zero-order chi connectivity index (χ0) is 16.9. The topological polar surface area (TPSA) is 26.2 Å².